The predicted molar refractivity (Wildman–Crippen MR) is 41.4 cm³/mol. The van der Waals surface area contributed by atoms with Crippen LogP contribution in [-0.2, 0) is 0 Å². The van der Waals surface area contributed by atoms with E-state index in [1.807, 2.05) is 0 Å². The van der Waals surface area contributed by atoms with Gasteiger partial charge < -0.3 is 4.98 Å². The molecule has 0 saturated heterocycles. The molecular weight excluding hydrogens is 159 g/mol. The molecule has 3 nitrogen and oxygen atoms in total. The third-order valence-electron chi connectivity index (χ3n) is 1.58. The van der Waals surface area contributed by atoms with E-state index in [2.05, 4.69) is 9.97 Å². The van der Waals surface area contributed by atoms with Crippen molar-refractivity contribution < 1.29 is 9.18 Å². The number of carbonyl (C=O) groups excluding carboxylic acids is 1. The molecular formula is C8H5FN2O. The van der Waals surface area contributed by atoms with E-state index in [1.165, 1.54) is 6.07 Å². The Morgan fingerprint density at radius 2 is 2.33 bits per heavy atom. The lowest BCUT2D eigenvalue weighted by atomic mass is 10.3. The maximum absolute atomic E-state index is 12.6. The quantitative estimate of drug-likeness (QED) is 0.649. The first-order valence-electron chi connectivity index (χ1n) is 3.39. The van der Waals surface area contributed by atoms with Crippen LogP contribution in [0.3, 0.4) is 0 Å². The number of rotatable bonds is 1. The molecule has 0 aliphatic heterocycles. The minimum Gasteiger partial charge on any atom is -0.337 e. The Morgan fingerprint density at radius 3 is 3.08 bits per heavy atom. The predicted octanol–water partition coefficient (Wildman–Crippen LogP) is 1.51. The summed E-state index contributed by atoms with van der Waals surface area (Å²) >= 11 is 0. The van der Waals surface area contributed by atoms with Crippen LogP contribution in [0.25, 0.3) is 11.0 Å². The highest BCUT2D eigenvalue weighted by molar-refractivity contribution is 5.85. The zero-order valence-electron chi connectivity index (χ0n) is 6.04. The molecule has 0 fully saturated rings. The number of carbonyl (C=O) groups is 1. The van der Waals surface area contributed by atoms with Crippen LogP contribution in [0, 0.1) is 5.82 Å². The number of aromatic nitrogens is 2. The Morgan fingerprint density at radius 1 is 1.50 bits per heavy atom. The maximum Gasteiger partial charge on any atom is 0.166 e. The number of nitrogens with one attached hydrogen (secondary N) is 1. The molecule has 2 heterocycles. The molecule has 0 radical (unpaired) electrons. The van der Waals surface area contributed by atoms with E-state index in [1.54, 1.807) is 6.07 Å². The number of aromatic amines is 1. The molecule has 0 unspecified atom stereocenters. The van der Waals surface area contributed by atoms with Gasteiger partial charge in [0.05, 0.1) is 11.9 Å². The Hall–Kier alpha value is -1.71. The van der Waals surface area contributed by atoms with E-state index < -0.39 is 5.82 Å². The van der Waals surface area contributed by atoms with Gasteiger partial charge in [-0.15, -0.1) is 0 Å². The van der Waals surface area contributed by atoms with Crippen molar-refractivity contribution >= 4 is 17.3 Å². The van der Waals surface area contributed by atoms with Crippen molar-refractivity contribution in [2.45, 2.75) is 0 Å². The van der Waals surface area contributed by atoms with Crippen molar-refractivity contribution in [2.75, 3.05) is 0 Å². The highest BCUT2D eigenvalue weighted by atomic mass is 19.1. The van der Waals surface area contributed by atoms with Crippen LogP contribution < -0.4 is 0 Å². The number of fused-ring (bicyclic) bond motifs is 1. The minimum atomic E-state index is -0.404. The molecule has 2 aromatic heterocycles. The second-order valence-electron chi connectivity index (χ2n) is 2.43. The fourth-order valence-corrected chi connectivity index (χ4v) is 1.07. The van der Waals surface area contributed by atoms with Gasteiger partial charge in [0.15, 0.2) is 6.29 Å². The van der Waals surface area contributed by atoms with Crippen molar-refractivity contribution in [1.82, 2.24) is 9.97 Å². The smallest absolute Gasteiger partial charge is 0.166 e. The van der Waals surface area contributed by atoms with Gasteiger partial charge in [-0.1, -0.05) is 0 Å². The molecule has 0 amide bonds. The molecule has 60 valence electrons. The van der Waals surface area contributed by atoms with E-state index in [0.29, 0.717) is 23.0 Å². The summed E-state index contributed by atoms with van der Waals surface area (Å²) in [4.78, 5) is 16.8. The summed E-state index contributed by atoms with van der Waals surface area (Å²) < 4.78 is 12.6. The van der Waals surface area contributed by atoms with E-state index in [0.717, 1.165) is 6.20 Å². The number of aldehydes is 1. The van der Waals surface area contributed by atoms with Crippen molar-refractivity contribution in [3.63, 3.8) is 0 Å². The van der Waals surface area contributed by atoms with E-state index in [9.17, 15) is 9.18 Å². The van der Waals surface area contributed by atoms with Crippen LogP contribution in [-0.4, -0.2) is 16.3 Å². The number of nitrogens with zero attached hydrogens (tertiary/aromatic N) is 1. The normalized spacial score (nSPS) is 10.4. The van der Waals surface area contributed by atoms with Crippen LogP contribution in [0.1, 0.15) is 10.5 Å². The third-order valence-corrected chi connectivity index (χ3v) is 1.58. The van der Waals surface area contributed by atoms with Crippen LogP contribution >= 0.6 is 0 Å². The molecule has 0 atom stereocenters. The van der Waals surface area contributed by atoms with Gasteiger partial charge in [-0.3, -0.25) is 4.79 Å². The van der Waals surface area contributed by atoms with Crippen LogP contribution in [0.5, 0.6) is 0 Å². The zero-order chi connectivity index (χ0) is 8.55. The first kappa shape index (κ1) is 6.97. The fourth-order valence-electron chi connectivity index (χ4n) is 1.07. The summed E-state index contributed by atoms with van der Waals surface area (Å²) in [5.74, 6) is -0.404. The van der Waals surface area contributed by atoms with Crippen LogP contribution in [0.2, 0.25) is 0 Å². The number of hydrogen-bond acceptors (Lipinski definition) is 2. The molecule has 12 heavy (non-hydrogen) atoms. The fraction of sp³-hybridized carbons (Fsp3) is 0. The Bertz CT molecular complexity index is 436. The maximum atomic E-state index is 12.6. The number of pyridine rings is 1. The summed E-state index contributed by atoms with van der Waals surface area (Å²) in [5, 5.41) is 0.608. The van der Waals surface area contributed by atoms with Gasteiger partial charge in [0.2, 0.25) is 0 Å². The highest BCUT2D eigenvalue weighted by Gasteiger charge is 2.01. The first-order valence-corrected chi connectivity index (χ1v) is 3.39. The number of halogens is 1. The monoisotopic (exact) mass is 164 g/mol. The minimum absolute atomic E-state index is 0.404. The van der Waals surface area contributed by atoms with Gasteiger partial charge in [-0.2, -0.15) is 0 Å². The molecule has 0 spiro atoms. The van der Waals surface area contributed by atoms with E-state index in [-0.39, 0.29) is 0 Å². The summed E-state index contributed by atoms with van der Waals surface area (Å²) in [6.45, 7) is 0. The lowest BCUT2D eigenvalue weighted by molar-refractivity contribution is 0.112. The second-order valence-corrected chi connectivity index (χ2v) is 2.43. The van der Waals surface area contributed by atoms with Crippen LogP contribution in [0.15, 0.2) is 18.3 Å². The molecule has 0 bridgehead atoms. The number of H-pyrrole nitrogens is 1. The SMILES string of the molecule is O=Cc1cc2cc(F)cnc2[nH]1. The topological polar surface area (TPSA) is 45.8 Å². The largest absolute Gasteiger partial charge is 0.337 e. The van der Waals surface area contributed by atoms with Crippen molar-refractivity contribution in [3.8, 4) is 0 Å². The molecule has 0 aromatic carbocycles. The summed E-state index contributed by atoms with van der Waals surface area (Å²) in [6, 6.07) is 2.88. The number of hydrogen-bond donors (Lipinski definition) is 1. The molecule has 2 aromatic rings. The van der Waals surface area contributed by atoms with Gasteiger partial charge in [0, 0.05) is 5.39 Å². The lowest BCUT2D eigenvalue weighted by Gasteiger charge is -1.86. The lowest BCUT2D eigenvalue weighted by Crippen LogP contribution is -1.79. The Labute approximate surface area is 67.2 Å². The summed E-state index contributed by atoms with van der Waals surface area (Å²) in [7, 11) is 0. The third kappa shape index (κ3) is 0.972. The van der Waals surface area contributed by atoms with Crippen LogP contribution in [0.4, 0.5) is 4.39 Å². The first-order chi connectivity index (χ1) is 5.79. The molecule has 0 aliphatic rings. The van der Waals surface area contributed by atoms with Gasteiger partial charge in [0.25, 0.3) is 0 Å². The highest BCUT2D eigenvalue weighted by Crippen LogP contribution is 2.12. The summed E-state index contributed by atoms with van der Waals surface area (Å²) in [5.41, 5.74) is 0.932. The molecule has 0 aliphatic carbocycles. The molecule has 4 heteroatoms. The second kappa shape index (κ2) is 2.41. The van der Waals surface area contributed by atoms with Crippen molar-refractivity contribution in [1.29, 1.82) is 0 Å². The average Bonchev–Trinajstić information content (AvgIpc) is 2.46. The Kier molecular flexibility index (Phi) is 1.40. The Balaban J connectivity index is 2.75. The van der Waals surface area contributed by atoms with Crippen molar-refractivity contribution in [2.24, 2.45) is 0 Å². The van der Waals surface area contributed by atoms with Gasteiger partial charge in [0.1, 0.15) is 11.5 Å². The standard InChI is InChI=1S/C8H5FN2O/c9-6-1-5-2-7(4-12)11-8(5)10-3-6/h1-4H,(H,10,11). The van der Waals surface area contributed by atoms with Crippen molar-refractivity contribution in [3.05, 3.63) is 29.8 Å². The van der Waals surface area contributed by atoms with E-state index in [4.69, 9.17) is 0 Å². The van der Waals surface area contributed by atoms with Gasteiger partial charge in [-0.05, 0) is 12.1 Å². The van der Waals surface area contributed by atoms with Gasteiger partial charge in [-0.25, -0.2) is 9.37 Å². The molecule has 1 N–H and O–H groups in total. The molecule has 0 saturated carbocycles. The zero-order valence-corrected chi connectivity index (χ0v) is 6.04. The summed E-state index contributed by atoms with van der Waals surface area (Å²) in [6.07, 6.45) is 1.77. The van der Waals surface area contributed by atoms with E-state index >= 15 is 0 Å². The average molecular weight is 164 g/mol. The molecule has 2 rings (SSSR count). The van der Waals surface area contributed by atoms with Gasteiger partial charge >= 0.3 is 0 Å².